The van der Waals surface area contributed by atoms with Gasteiger partial charge in [0.1, 0.15) is 17.3 Å². The number of anilines is 4. The third-order valence-electron chi connectivity index (χ3n) is 7.91. The third kappa shape index (κ3) is 5.43. The van der Waals surface area contributed by atoms with Gasteiger partial charge in [-0.05, 0) is 53.4 Å². The maximum atomic E-state index is 15.2. The Kier molecular flexibility index (Phi) is 7.90. The minimum Gasteiger partial charge on any atom is -0.392 e. The molecule has 11 heteroatoms. The van der Waals surface area contributed by atoms with Crippen LogP contribution in [0.25, 0.3) is 27.6 Å². The summed E-state index contributed by atoms with van der Waals surface area (Å²) in [4.78, 5) is 35.2. The fourth-order valence-corrected chi connectivity index (χ4v) is 5.55. The Morgan fingerprint density at radius 1 is 1.05 bits per heavy atom. The van der Waals surface area contributed by atoms with E-state index in [-0.39, 0.29) is 10.9 Å². The number of halogens is 1. The molecule has 1 fully saturated rings. The van der Waals surface area contributed by atoms with Crippen molar-refractivity contribution in [2.24, 2.45) is 7.05 Å². The quantitative estimate of drug-likeness (QED) is 0.290. The van der Waals surface area contributed by atoms with Crippen LogP contribution in [0, 0.1) is 5.82 Å². The summed E-state index contributed by atoms with van der Waals surface area (Å²) in [5.41, 5.74) is 3.26. The van der Waals surface area contributed by atoms with Gasteiger partial charge in [-0.1, -0.05) is 12.1 Å². The van der Waals surface area contributed by atoms with Crippen LogP contribution in [0.15, 0.2) is 82.8 Å². The van der Waals surface area contributed by atoms with E-state index in [9.17, 15) is 14.7 Å². The number of benzene rings is 2. The van der Waals surface area contributed by atoms with E-state index in [4.69, 9.17) is 4.74 Å². The first-order valence-corrected chi connectivity index (χ1v) is 14.3. The maximum Gasteiger partial charge on any atom is 0.274 e. The Balaban J connectivity index is 1.38. The minimum absolute atomic E-state index is 0.0341. The van der Waals surface area contributed by atoms with E-state index in [0.29, 0.717) is 58.2 Å². The van der Waals surface area contributed by atoms with Crippen molar-refractivity contribution in [2.45, 2.75) is 6.61 Å². The lowest BCUT2D eigenvalue weighted by atomic mass is 9.99. The van der Waals surface area contributed by atoms with Gasteiger partial charge < -0.3 is 29.5 Å². The zero-order chi connectivity index (χ0) is 31.0. The number of hydrogen-bond acceptors (Lipinski definition) is 8. The summed E-state index contributed by atoms with van der Waals surface area (Å²) in [6.45, 7) is 2.53. The summed E-state index contributed by atoms with van der Waals surface area (Å²) in [6, 6.07) is 15.5. The SMILES string of the molecule is CN(C)c1cc(F)c2c(=O)n(-c3cccc(-c4cc(Nc5ccc(N6CCOCC6)cn5)c(=O)n(C)c4)c3CO)ccc2c1. The molecule has 0 saturated carbocycles. The number of aliphatic hydroxyl groups is 1. The number of nitrogens with zero attached hydrogens (tertiary/aromatic N) is 5. The highest BCUT2D eigenvalue weighted by molar-refractivity contribution is 5.86. The normalized spacial score (nSPS) is 13.3. The van der Waals surface area contributed by atoms with Gasteiger partial charge in [-0.25, -0.2) is 9.37 Å². The zero-order valence-corrected chi connectivity index (χ0v) is 24.7. The van der Waals surface area contributed by atoms with Crippen LogP contribution in [0.4, 0.5) is 27.3 Å². The summed E-state index contributed by atoms with van der Waals surface area (Å²) in [5.74, 6) is -0.109. The molecule has 0 bridgehead atoms. The number of aryl methyl sites for hydroxylation is 1. The van der Waals surface area contributed by atoms with E-state index < -0.39 is 18.0 Å². The number of pyridine rings is 3. The number of fused-ring (bicyclic) bond motifs is 1. The summed E-state index contributed by atoms with van der Waals surface area (Å²) >= 11 is 0. The molecule has 0 spiro atoms. The zero-order valence-electron chi connectivity index (χ0n) is 24.7. The molecule has 0 amide bonds. The Morgan fingerprint density at radius 3 is 2.55 bits per heavy atom. The van der Waals surface area contributed by atoms with E-state index in [1.54, 1.807) is 75.0 Å². The minimum atomic E-state index is -0.618. The monoisotopic (exact) mass is 596 g/mol. The molecule has 3 aromatic heterocycles. The van der Waals surface area contributed by atoms with Gasteiger partial charge in [0.05, 0.1) is 42.8 Å². The van der Waals surface area contributed by atoms with Crippen molar-refractivity contribution in [1.82, 2.24) is 14.1 Å². The Morgan fingerprint density at radius 2 is 1.84 bits per heavy atom. The van der Waals surface area contributed by atoms with Crippen LogP contribution in [-0.4, -0.2) is 59.6 Å². The van der Waals surface area contributed by atoms with Crippen LogP contribution in [0.1, 0.15) is 5.56 Å². The highest BCUT2D eigenvalue weighted by Crippen LogP contribution is 2.31. The smallest absolute Gasteiger partial charge is 0.274 e. The second-order valence-corrected chi connectivity index (χ2v) is 10.9. The largest absolute Gasteiger partial charge is 0.392 e. The van der Waals surface area contributed by atoms with Crippen molar-refractivity contribution in [3.05, 3.63) is 105 Å². The topological polar surface area (TPSA) is 105 Å². The van der Waals surface area contributed by atoms with Crippen LogP contribution in [0.2, 0.25) is 0 Å². The molecule has 2 aromatic carbocycles. The summed E-state index contributed by atoms with van der Waals surface area (Å²) in [5, 5.41) is 14.1. The molecular weight excluding hydrogens is 563 g/mol. The predicted octanol–water partition coefficient (Wildman–Crippen LogP) is 4.03. The van der Waals surface area contributed by atoms with Crippen molar-refractivity contribution in [3.63, 3.8) is 0 Å². The molecular formula is C33H33FN6O4. The lowest BCUT2D eigenvalue weighted by molar-refractivity contribution is 0.122. The van der Waals surface area contributed by atoms with Gasteiger partial charge in [0.25, 0.3) is 11.1 Å². The number of aromatic nitrogens is 3. The molecule has 1 saturated heterocycles. The van der Waals surface area contributed by atoms with E-state index >= 15 is 4.39 Å². The Hall–Kier alpha value is -5.00. The summed E-state index contributed by atoms with van der Waals surface area (Å²) in [6.07, 6.45) is 5.02. The first kappa shape index (κ1) is 29.1. The standard InChI is InChI=1S/C33H33FN6O4/c1-37(2)24-15-21-9-10-40(33(43)31(21)27(34)17-24)29-6-4-5-25(26(29)20-41)22-16-28(32(42)38(3)19-22)36-30-8-7-23(18-35-30)39-11-13-44-14-12-39/h4-10,15-19,41H,11-14,20H2,1-3H3,(H,35,36). The van der Waals surface area contributed by atoms with E-state index in [2.05, 4.69) is 15.2 Å². The van der Waals surface area contributed by atoms with Gasteiger partial charge in [0.2, 0.25) is 0 Å². The number of ether oxygens (including phenoxy) is 1. The van der Waals surface area contributed by atoms with Crippen LogP contribution < -0.4 is 26.2 Å². The Labute approximate surface area is 253 Å². The molecule has 0 unspecified atom stereocenters. The summed E-state index contributed by atoms with van der Waals surface area (Å²) < 4.78 is 23.4. The van der Waals surface area contributed by atoms with Gasteiger partial charge in [0.15, 0.2) is 0 Å². The molecule has 1 aliphatic heterocycles. The van der Waals surface area contributed by atoms with Gasteiger partial charge >= 0.3 is 0 Å². The van der Waals surface area contributed by atoms with Gasteiger partial charge in [-0.2, -0.15) is 0 Å². The molecule has 5 aromatic rings. The average Bonchev–Trinajstić information content (AvgIpc) is 3.03. The highest BCUT2D eigenvalue weighted by atomic mass is 19.1. The average molecular weight is 597 g/mol. The van der Waals surface area contributed by atoms with Crippen molar-refractivity contribution in [2.75, 3.05) is 55.5 Å². The highest BCUT2D eigenvalue weighted by Gasteiger charge is 2.18. The van der Waals surface area contributed by atoms with E-state index in [0.717, 1.165) is 18.8 Å². The molecule has 0 aliphatic carbocycles. The van der Waals surface area contributed by atoms with Gasteiger partial charge in [-0.3, -0.25) is 14.2 Å². The number of nitrogens with one attached hydrogen (secondary N) is 1. The van der Waals surface area contributed by atoms with Crippen LogP contribution >= 0.6 is 0 Å². The number of morpholine rings is 1. The molecule has 4 heterocycles. The molecule has 0 radical (unpaired) electrons. The molecule has 6 rings (SSSR count). The molecule has 1 aliphatic rings. The number of hydrogen-bond donors (Lipinski definition) is 2. The molecule has 2 N–H and O–H groups in total. The fraction of sp³-hybridized carbons (Fsp3) is 0.242. The van der Waals surface area contributed by atoms with Gasteiger partial charge in [0, 0.05) is 63.4 Å². The van der Waals surface area contributed by atoms with Crippen molar-refractivity contribution in [3.8, 4) is 16.8 Å². The van der Waals surface area contributed by atoms with Crippen LogP contribution in [0.5, 0.6) is 0 Å². The second-order valence-electron chi connectivity index (χ2n) is 10.9. The second kappa shape index (κ2) is 11.9. The predicted molar refractivity (Wildman–Crippen MR) is 171 cm³/mol. The molecule has 226 valence electrons. The van der Waals surface area contributed by atoms with Crippen LogP contribution in [-0.2, 0) is 18.4 Å². The Bertz CT molecular complexity index is 1960. The first-order valence-electron chi connectivity index (χ1n) is 14.3. The van der Waals surface area contributed by atoms with Crippen molar-refractivity contribution in [1.29, 1.82) is 0 Å². The molecule has 44 heavy (non-hydrogen) atoms. The van der Waals surface area contributed by atoms with E-state index in [1.165, 1.54) is 15.2 Å². The van der Waals surface area contributed by atoms with Gasteiger partial charge in [-0.15, -0.1) is 0 Å². The molecule has 0 atom stereocenters. The van der Waals surface area contributed by atoms with Crippen molar-refractivity contribution >= 4 is 33.7 Å². The van der Waals surface area contributed by atoms with Crippen LogP contribution in [0.3, 0.4) is 0 Å². The summed E-state index contributed by atoms with van der Waals surface area (Å²) in [7, 11) is 5.26. The van der Waals surface area contributed by atoms with Crippen molar-refractivity contribution < 1.29 is 14.2 Å². The lowest BCUT2D eigenvalue weighted by Crippen LogP contribution is -2.36. The maximum absolute atomic E-state index is 15.2. The molecule has 10 nitrogen and oxygen atoms in total. The first-order chi connectivity index (χ1) is 21.2. The fourth-order valence-electron chi connectivity index (χ4n) is 5.55. The third-order valence-corrected chi connectivity index (χ3v) is 7.91. The number of rotatable bonds is 7. The lowest BCUT2D eigenvalue weighted by Gasteiger charge is -2.28. The number of aliphatic hydroxyl groups excluding tert-OH is 1. The van der Waals surface area contributed by atoms with E-state index in [1.807, 2.05) is 18.2 Å².